The third-order valence-corrected chi connectivity index (χ3v) is 4.46. The lowest BCUT2D eigenvalue weighted by Crippen LogP contribution is -2.83. The molecule has 3 heterocycles. The van der Waals surface area contributed by atoms with Gasteiger partial charge in [-0.15, -0.1) is 0 Å². The molecule has 2 bridgehead atoms. The van der Waals surface area contributed by atoms with Crippen LogP contribution in [-0.2, 0) is 14.3 Å². The predicted octanol–water partition coefficient (Wildman–Crippen LogP) is -2.83. The van der Waals surface area contributed by atoms with E-state index in [0.717, 1.165) is 6.92 Å². The molecule has 0 aromatic carbocycles. The highest BCUT2D eigenvalue weighted by Gasteiger charge is 2.64. The van der Waals surface area contributed by atoms with Crippen molar-refractivity contribution in [2.75, 3.05) is 13.2 Å². The molecule has 0 spiro atoms. The first-order valence-electron chi connectivity index (χ1n) is 7.17. The largest absolute Gasteiger partial charge is 0.393 e. The zero-order chi connectivity index (χ0) is 16.8. The van der Waals surface area contributed by atoms with E-state index < -0.39 is 47.5 Å². The summed E-state index contributed by atoms with van der Waals surface area (Å²) in [5.41, 5.74) is -6.46. The summed E-state index contributed by atoms with van der Waals surface area (Å²) in [6.07, 6.45) is -1.23. The maximum absolute atomic E-state index is 12.4. The monoisotopic (exact) mass is 318 g/mol. The highest BCUT2D eigenvalue weighted by Crippen LogP contribution is 2.34. The number of nitrogens with one attached hydrogen (secondary N) is 2. The van der Waals surface area contributed by atoms with E-state index in [4.69, 9.17) is 9.84 Å². The fourth-order valence-corrected chi connectivity index (χ4v) is 2.90. The quantitative estimate of drug-likeness (QED) is 0.327. The summed E-state index contributed by atoms with van der Waals surface area (Å²) in [7, 11) is 0. The fraction of sp³-hybridized carbons (Fsp3) is 0.846. The topological polar surface area (TPSA) is 148 Å². The minimum atomic E-state index is -2.27. The number of carbonyl (C=O) groups is 2. The predicted molar refractivity (Wildman–Crippen MR) is 72.0 cm³/mol. The Morgan fingerprint density at radius 1 is 1.41 bits per heavy atom. The third-order valence-electron chi connectivity index (χ3n) is 4.46. The average Bonchev–Trinajstić information content (AvgIpc) is 2.46. The number of hydrogen-bond acceptors (Lipinski definition) is 7. The van der Waals surface area contributed by atoms with Gasteiger partial charge < -0.3 is 35.8 Å². The van der Waals surface area contributed by atoms with Gasteiger partial charge in [0.05, 0.1) is 13.2 Å². The van der Waals surface area contributed by atoms with Crippen molar-refractivity contribution in [3.8, 4) is 0 Å². The molecule has 0 aromatic rings. The fourth-order valence-electron chi connectivity index (χ4n) is 2.90. The minimum absolute atomic E-state index is 0.0207. The van der Waals surface area contributed by atoms with Crippen LogP contribution in [0, 0.1) is 5.92 Å². The SMILES string of the molecule is CC[C@@H]1CCO[C@]2([C@@H](O)[C@@](C)(O)CO)NC(=O)[C@@]1(O)NC2=O. The molecular formula is C13H22N2O7. The summed E-state index contributed by atoms with van der Waals surface area (Å²) in [6, 6.07) is 0. The first-order chi connectivity index (χ1) is 10.1. The van der Waals surface area contributed by atoms with E-state index in [-0.39, 0.29) is 13.0 Å². The molecule has 3 saturated heterocycles. The van der Waals surface area contributed by atoms with Crippen LogP contribution in [0.3, 0.4) is 0 Å². The second kappa shape index (κ2) is 5.43. The highest BCUT2D eigenvalue weighted by molar-refractivity contribution is 6.01. The first-order valence-corrected chi connectivity index (χ1v) is 7.17. The number of aliphatic hydroxyl groups excluding tert-OH is 2. The molecule has 0 aromatic heterocycles. The summed E-state index contributed by atoms with van der Waals surface area (Å²) in [6.45, 7) is 1.98. The van der Waals surface area contributed by atoms with Crippen molar-refractivity contribution in [2.45, 2.75) is 49.8 Å². The van der Waals surface area contributed by atoms with E-state index in [1.54, 1.807) is 6.92 Å². The van der Waals surface area contributed by atoms with Crippen LogP contribution in [0.4, 0.5) is 0 Å². The maximum atomic E-state index is 12.4. The molecule has 9 heteroatoms. The van der Waals surface area contributed by atoms with Crippen LogP contribution in [0.5, 0.6) is 0 Å². The van der Waals surface area contributed by atoms with Gasteiger partial charge in [-0.05, 0) is 19.8 Å². The van der Waals surface area contributed by atoms with Crippen molar-refractivity contribution in [3.05, 3.63) is 0 Å². The molecule has 22 heavy (non-hydrogen) atoms. The van der Waals surface area contributed by atoms with E-state index in [2.05, 4.69) is 10.6 Å². The van der Waals surface area contributed by atoms with E-state index in [0.29, 0.717) is 6.42 Å². The molecule has 3 aliphatic rings. The highest BCUT2D eigenvalue weighted by atomic mass is 16.5. The molecule has 9 nitrogen and oxygen atoms in total. The van der Waals surface area contributed by atoms with Gasteiger partial charge in [-0.3, -0.25) is 9.59 Å². The van der Waals surface area contributed by atoms with Crippen LogP contribution in [0.2, 0.25) is 0 Å². The van der Waals surface area contributed by atoms with Crippen molar-refractivity contribution >= 4 is 11.8 Å². The van der Waals surface area contributed by atoms with E-state index in [1.807, 2.05) is 0 Å². The van der Waals surface area contributed by atoms with Crippen molar-refractivity contribution in [1.29, 1.82) is 0 Å². The molecule has 0 unspecified atom stereocenters. The average molecular weight is 318 g/mol. The smallest absolute Gasteiger partial charge is 0.278 e. The van der Waals surface area contributed by atoms with Gasteiger partial charge in [-0.1, -0.05) is 6.92 Å². The molecule has 5 atom stereocenters. The molecule has 0 saturated carbocycles. The zero-order valence-electron chi connectivity index (χ0n) is 12.5. The second-order valence-corrected chi connectivity index (χ2v) is 6.07. The molecular weight excluding hydrogens is 296 g/mol. The lowest BCUT2D eigenvalue weighted by molar-refractivity contribution is -0.241. The number of ether oxygens (including phenoxy) is 1. The number of amides is 2. The Morgan fingerprint density at radius 2 is 2.05 bits per heavy atom. The zero-order valence-corrected chi connectivity index (χ0v) is 12.5. The van der Waals surface area contributed by atoms with Crippen molar-refractivity contribution in [1.82, 2.24) is 10.6 Å². The number of aliphatic hydroxyl groups is 4. The Balaban J connectivity index is 2.44. The maximum Gasteiger partial charge on any atom is 0.278 e. The summed E-state index contributed by atoms with van der Waals surface area (Å²) < 4.78 is 5.39. The van der Waals surface area contributed by atoms with Gasteiger partial charge in [0.1, 0.15) is 11.7 Å². The molecule has 0 aliphatic carbocycles. The number of fused-ring (bicyclic) bond motifs is 5. The Hall–Kier alpha value is -1.26. The Bertz CT molecular complexity index is 483. The van der Waals surface area contributed by atoms with Crippen LogP contribution in [0.1, 0.15) is 26.7 Å². The molecule has 126 valence electrons. The number of piperazine rings is 1. The van der Waals surface area contributed by atoms with Gasteiger partial charge in [0.2, 0.25) is 5.72 Å². The summed E-state index contributed by atoms with van der Waals surface area (Å²) in [5.74, 6) is -2.45. The normalized spacial score (nSPS) is 39.3. The molecule has 2 amide bonds. The standard InChI is InChI=1S/C13H22N2O7/c1-3-7-4-5-22-13(8(17)11(2,20)6-16)10(19)14-12(7,21)9(18)15-13/h7-8,16-17,20-21H,3-6H2,1-2H3,(H,14,19)(H,15,18)/t7-,8+,11+,12-,13+/m1/s1. The first kappa shape index (κ1) is 17.1. The summed E-state index contributed by atoms with van der Waals surface area (Å²) >= 11 is 0. The lowest BCUT2D eigenvalue weighted by atomic mass is 9.81. The van der Waals surface area contributed by atoms with Gasteiger partial charge >= 0.3 is 0 Å². The summed E-state index contributed by atoms with van der Waals surface area (Å²) in [5, 5.41) is 44.3. The van der Waals surface area contributed by atoms with Crippen molar-refractivity contribution in [2.24, 2.45) is 5.92 Å². The van der Waals surface area contributed by atoms with Crippen molar-refractivity contribution in [3.63, 3.8) is 0 Å². The lowest BCUT2D eigenvalue weighted by Gasteiger charge is -2.51. The van der Waals surface area contributed by atoms with E-state index >= 15 is 0 Å². The van der Waals surface area contributed by atoms with Gasteiger partial charge in [-0.25, -0.2) is 0 Å². The van der Waals surface area contributed by atoms with Gasteiger partial charge in [0.25, 0.3) is 17.5 Å². The summed E-state index contributed by atoms with van der Waals surface area (Å²) in [4.78, 5) is 24.7. The van der Waals surface area contributed by atoms with Gasteiger partial charge in [-0.2, -0.15) is 0 Å². The number of carbonyl (C=O) groups excluding carboxylic acids is 2. The third kappa shape index (κ3) is 2.29. The molecule has 3 aliphatic heterocycles. The molecule has 3 fully saturated rings. The van der Waals surface area contributed by atoms with Crippen LogP contribution in [0.25, 0.3) is 0 Å². The number of hydrogen-bond donors (Lipinski definition) is 6. The van der Waals surface area contributed by atoms with Crippen LogP contribution in [-0.4, -0.2) is 68.6 Å². The molecule has 0 radical (unpaired) electrons. The molecule has 3 rings (SSSR count). The van der Waals surface area contributed by atoms with Gasteiger partial charge in [0.15, 0.2) is 0 Å². The Morgan fingerprint density at radius 3 is 2.59 bits per heavy atom. The Labute approximate surface area is 127 Å². The Kier molecular flexibility index (Phi) is 4.22. The van der Waals surface area contributed by atoms with Crippen LogP contribution < -0.4 is 10.6 Å². The van der Waals surface area contributed by atoms with Gasteiger partial charge in [0, 0.05) is 5.92 Å². The van der Waals surface area contributed by atoms with Crippen molar-refractivity contribution < 1.29 is 34.8 Å². The minimum Gasteiger partial charge on any atom is -0.393 e. The second-order valence-electron chi connectivity index (χ2n) is 6.07. The van der Waals surface area contributed by atoms with Crippen LogP contribution >= 0.6 is 0 Å². The van der Waals surface area contributed by atoms with E-state index in [9.17, 15) is 24.9 Å². The van der Waals surface area contributed by atoms with Crippen LogP contribution in [0.15, 0.2) is 0 Å². The number of rotatable bonds is 4. The van der Waals surface area contributed by atoms with E-state index in [1.165, 1.54) is 0 Å². The molecule has 6 N–H and O–H groups in total.